The van der Waals surface area contributed by atoms with E-state index >= 15 is 0 Å². The van der Waals surface area contributed by atoms with Crippen LogP contribution in [0.3, 0.4) is 0 Å². The molecule has 0 bridgehead atoms. The summed E-state index contributed by atoms with van der Waals surface area (Å²) in [4.78, 5) is 16.0. The Morgan fingerprint density at radius 2 is 2.04 bits per heavy atom. The average molecular weight is 349 g/mol. The van der Waals surface area contributed by atoms with Gasteiger partial charge in [0, 0.05) is 24.2 Å². The van der Waals surface area contributed by atoms with E-state index in [-0.39, 0.29) is 11.7 Å². The molecular formula is C19H16FN5O. The van der Waals surface area contributed by atoms with Crippen molar-refractivity contribution in [2.24, 2.45) is 0 Å². The first-order valence-corrected chi connectivity index (χ1v) is 7.99. The molecule has 1 heterocycles. The average Bonchev–Trinajstić information content (AvgIpc) is 3.44. The third kappa shape index (κ3) is 3.75. The van der Waals surface area contributed by atoms with Crippen LogP contribution in [-0.2, 0) is 10.2 Å². The van der Waals surface area contributed by atoms with Crippen LogP contribution < -0.4 is 10.6 Å². The largest absolute Gasteiger partial charge is 0.361 e. The first kappa shape index (κ1) is 17.3. The summed E-state index contributed by atoms with van der Waals surface area (Å²) in [5, 5.41) is 22.1. The van der Waals surface area contributed by atoms with Gasteiger partial charge in [-0.25, -0.2) is 4.98 Å². The number of hydrogen-bond acceptors (Lipinski definition) is 5. The zero-order valence-corrected chi connectivity index (χ0v) is 13.8. The molecule has 7 heteroatoms. The van der Waals surface area contributed by atoms with Gasteiger partial charge in [-0.15, -0.1) is 0 Å². The molecule has 1 amide bonds. The molecule has 0 atom stereocenters. The summed E-state index contributed by atoms with van der Waals surface area (Å²) in [6, 6.07) is 11.8. The van der Waals surface area contributed by atoms with Gasteiger partial charge in [0.15, 0.2) is 0 Å². The molecule has 0 spiro atoms. The van der Waals surface area contributed by atoms with Gasteiger partial charge < -0.3 is 10.6 Å². The second-order valence-corrected chi connectivity index (χ2v) is 5.98. The molecule has 1 aliphatic carbocycles. The summed E-state index contributed by atoms with van der Waals surface area (Å²) in [5.74, 6) is -0.923. The number of benzene rings is 1. The molecule has 1 fully saturated rings. The quantitative estimate of drug-likeness (QED) is 0.439. The number of amidine groups is 1. The Bertz CT molecular complexity index is 910. The van der Waals surface area contributed by atoms with E-state index in [9.17, 15) is 9.18 Å². The summed E-state index contributed by atoms with van der Waals surface area (Å²) in [7, 11) is 0. The molecule has 0 aliphatic heterocycles. The monoisotopic (exact) mass is 349 g/mol. The molecule has 1 saturated carbocycles. The van der Waals surface area contributed by atoms with Crippen LogP contribution in [0, 0.1) is 22.7 Å². The maximum Gasteiger partial charge on any atom is 0.236 e. The van der Waals surface area contributed by atoms with E-state index in [2.05, 4.69) is 15.6 Å². The summed E-state index contributed by atoms with van der Waals surface area (Å²) in [5.41, 5.74) is 1.25. The highest BCUT2D eigenvalue weighted by Gasteiger charge is 2.51. The smallest absolute Gasteiger partial charge is 0.236 e. The fourth-order valence-corrected chi connectivity index (χ4v) is 2.63. The molecular weight excluding hydrogens is 333 g/mol. The second-order valence-electron chi connectivity index (χ2n) is 5.98. The van der Waals surface area contributed by atoms with E-state index in [1.807, 2.05) is 6.07 Å². The first-order valence-electron chi connectivity index (χ1n) is 7.99. The third-order valence-corrected chi connectivity index (χ3v) is 4.23. The minimum Gasteiger partial charge on any atom is -0.361 e. The molecule has 3 rings (SSSR count). The van der Waals surface area contributed by atoms with Crippen LogP contribution in [0.25, 0.3) is 0 Å². The number of hydrogen-bond donors (Lipinski definition) is 3. The Kier molecular flexibility index (Phi) is 4.76. The van der Waals surface area contributed by atoms with Crippen molar-refractivity contribution in [1.29, 1.82) is 10.7 Å². The van der Waals surface area contributed by atoms with E-state index in [1.54, 1.807) is 30.3 Å². The highest BCUT2D eigenvalue weighted by Crippen LogP contribution is 2.48. The zero-order chi connectivity index (χ0) is 18.6. The van der Waals surface area contributed by atoms with Crippen LogP contribution in [0.5, 0.6) is 0 Å². The van der Waals surface area contributed by atoms with Crippen LogP contribution in [0.1, 0.15) is 24.0 Å². The number of nitrogens with one attached hydrogen (secondary N) is 3. The lowest BCUT2D eigenvalue weighted by molar-refractivity contribution is -0.122. The SMILES string of the molecule is N#Cc1ccc(C2(C(=O)NC(=N)/C=C\Nc3ccnc(F)c3)CC2)cc1. The lowest BCUT2D eigenvalue weighted by Gasteiger charge is -2.15. The third-order valence-electron chi connectivity index (χ3n) is 4.23. The Balaban J connectivity index is 1.59. The van der Waals surface area contributed by atoms with Gasteiger partial charge in [-0.1, -0.05) is 12.1 Å². The minimum absolute atomic E-state index is 0.0723. The van der Waals surface area contributed by atoms with Crippen LogP contribution in [0.15, 0.2) is 54.9 Å². The van der Waals surface area contributed by atoms with Gasteiger partial charge >= 0.3 is 0 Å². The Morgan fingerprint density at radius 1 is 1.31 bits per heavy atom. The van der Waals surface area contributed by atoms with Crippen molar-refractivity contribution in [1.82, 2.24) is 10.3 Å². The number of nitriles is 1. The topological polar surface area (TPSA) is 102 Å². The lowest BCUT2D eigenvalue weighted by Crippen LogP contribution is -2.37. The van der Waals surface area contributed by atoms with Crippen molar-refractivity contribution in [2.45, 2.75) is 18.3 Å². The molecule has 0 saturated heterocycles. The van der Waals surface area contributed by atoms with Gasteiger partial charge in [0.25, 0.3) is 0 Å². The molecule has 1 aromatic heterocycles. The van der Waals surface area contributed by atoms with Crippen LogP contribution in [0.4, 0.5) is 10.1 Å². The van der Waals surface area contributed by atoms with E-state index < -0.39 is 11.4 Å². The summed E-state index contributed by atoms with van der Waals surface area (Å²) in [6.45, 7) is 0. The number of carbonyl (C=O) groups is 1. The molecule has 0 radical (unpaired) electrons. The number of pyridine rings is 1. The van der Waals surface area contributed by atoms with Crippen molar-refractivity contribution in [2.75, 3.05) is 5.32 Å². The number of aromatic nitrogens is 1. The van der Waals surface area contributed by atoms with Gasteiger partial charge in [-0.3, -0.25) is 10.2 Å². The standard InChI is InChI=1S/C19H16FN5O/c20-16-11-15(5-9-24-16)23-10-6-17(22)25-18(26)19(7-8-19)14-3-1-13(12-21)2-4-14/h1-6,9-11H,7-8H2,(H,23,24)(H2,22,25,26)/b10-6-. The predicted molar refractivity (Wildman–Crippen MR) is 94.9 cm³/mol. The van der Waals surface area contributed by atoms with E-state index in [0.717, 1.165) is 5.56 Å². The van der Waals surface area contributed by atoms with Gasteiger partial charge in [-0.05, 0) is 42.7 Å². The van der Waals surface area contributed by atoms with Crippen molar-refractivity contribution >= 4 is 17.4 Å². The van der Waals surface area contributed by atoms with Crippen LogP contribution >= 0.6 is 0 Å². The van der Waals surface area contributed by atoms with Crippen molar-refractivity contribution in [3.8, 4) is 6.07 Å². The summed E-state index contributed by atoms with van der Waals surface area (Å²) < 4.78 is 13.0. The summed E-state index contributed by atoms with van der Waals surface area (Å²) >= 11 is 0. The minimum atomic E-state index is -0.629. The molecule has 2 aromatic rings. The number of anilines is 1. The normalized spacial score (nSPS) is 14.5. The number of rotatable bonds is 5. The molecule has 0 unspecified atom stereocenters. The molecule has 130 valence electrons. The molecule has 1 aliphatic rings. The van der Waals surface area contributed by atoms with Crippen LogP contribution in [0.2, 0.25) is 0 Å². The molecule has 3 N–H and O–H groups in total. The Hall–Kier alpha value is -3.53. The van der Waals surface area contributed by atoms with Crippen molar-refractivity contribution < 1.29 is 9.18 Å². The van der Waals surface area contributed by atoms with Crippen molar-refractivity contribution in [3.05, 3.63) is 71.9 Å². The highest BCUT2D eigenvalue weighted by molar-refractivity contribution is 6.07. The maximum absolute atomic E-state index is 13.0. The highest BCUT2D eigenvalue weighted by atomic mass is 19.1. The Morgan fingerprint density at radius 3 is 2.65 bits per heavy atom. The van der Waals surface area contributed by atoms with Gasteiger partial charge in [0.2, 0.25) is 11.9 Å². The Labute approximate surface area is 149 Å². The lowest BCUT2D eigenvalue weighted by atomic mass is 9.94. The fraction of sp³-hybridized carbons (Fsp3) is 0.158. The van der Waals surface area contributed by atoms with Crippen molar-refractivity contribution in [3.63, 3.8) is 0 Å². The van der Waals surface area contributed by atoms with Gasteiger partial charge in [0.1, 0.15) is 5.84 Å². The van der Waals surface area contributed by atoms with Crippen LogP contribution in [-0.4, -0.2) is 16.7 Å². The number of nitrogens with zero attached hydrogens (tertiary/aromatic N) is 2. The first-order chi connectivity index (χ1) is 12.5. The maximum atomic E-state index is 13.0. The number of halogens is 1. The zero-order valence-electron chi connectivity index (χ0n) is 13.8. The fourth-order valence-electron chi connectivity index (χ4n) is 2.63. The second kappa shape index (κ2) is 7.15. The van der Waals surface area contributed by atoms with E-state index in [4.69, 9.17) is 10.7 Å². The molecule has 1 aromatic carbocycles. The van der Waals surface area contributed by atoms with Gasteiger partial charge in [-0.2, -0.15) is 9.65 Å². The number of carbonyl (C=O) groups excluding carboxylic acids is 1. The number of amides is 1. The van der Waals surface area contributed by atoms with E-state index in [0.29, 0.717) is 24.1 Å². The summed E-state index contributed by atoms with van der Waals surface area (Å²) in [6.07, 6.45) is 5.56. The molecule has 26 heavy (non-hydrogen) atoms. The predicted octanol–water partition coefficient (Wildman–Crippen LogP) is 2.84. The van der Waals surface area contributed by atoms with E-state index in [1.165, 1.54) is 24.5 Å². The van der Waals surface area contributed by atoms with Gasteiger partial charge in [0.05, 0.1) is 17.0 Å². The molecule has 6 nitrogen and oxygen atoms in total.